The maximum absolute atomic E-state index is 12.5. The van der Waals surface area contributed by atoms with Gasteiger partial charge in [-0.3, -0.25) is 0 Å². The van der Waals surface area contributed by atoms with Crippen LogP contribution in [0.1, 0.15) is 48.2 Å². The van der Waals surface area contributed by atoms with Gasteiger partial charge in [-0.2, -0.15) is 5.26 Å². The second-order valence-electron chi connectivity index (χ2n) is 6.91. The number of hydrogen-bond donors (Lipinski definition) is 0. The molecule has 0 bridgehead atoms. The van der Waals surface area contributed by atoms with Crippen molar-refractivity contribution in [1.82, 2.24) is 0 Å². The summed E-state index contributed by atoms with van der Waals surface area (Å²) in [5.41, 5.74) is 1.26. The highest BCUT2D eigenvalue weighted by Crippen LogP contribution is 2.58. The number of esters is 1. The summed E-state index contributed by atoms with van der Waals surface area (Å²) in [5, 5.41) is 10.6. The molecule has 1 aromatic carbocycles. The van der Waals surface area contributed by atoms with Crippen molar-refractivity contribution in [2.75, 3.05) is 19.8 Å². The normalized spacial score (nSPS) is 24.6. The summed E-state index contributed by atoms with van der Waals surface area (Å²) in [4.78, 5) is 12.5. The van der Waals surface area contributed by atoms with Crippen molar-refractivity contribution in [3.8, 4) is 6.07 Å². The number of hydrogen-bond acceptors (Lipinski definition) is 5. The molecule has 0 N–H and O–H groups in total. The van der Waals surface area contributed by atoms with Gasteiger partial charge in [-0.25, -0.2) is 4.79 Å². The van der Waals surface area contributed by atoms with E-state index in [1.165, 1.54) is 0 Å². The van der Waals surface area contributed by atoms with E-state index < -0.39 is 5.97 Å². The molecular formula is C20H21NO4. The molecule has 2 heterocycles. The molecule has 5 nitrogen and oxygen atoms in total. The summed E-state index contributed by atoms with van der Waals surface area (Å²) in [5.74, 6) is 0.00817. The SMILES string of the molecule is CCOC(=O)c1oc2ccccc2c1C1CCOCC1C1(C#N)CC1. The number of benzene rings is 1. The van der Waals surface area contributed by atoms with Crippen LogP contribution in [0.4, 0.5) is 0 Å². The number of nitrogens with zero attached hydrogens (tertiary/aromatic N) is 1. The maximum Gasteiger partial charge on any atom is 0.374 e. The molecule has 5 heteroatoms. The Balaban J connectivity index is 1.85. The van der Waals surface area contributed by atoms with Gasteiger partial charge in [0.05, 0.1) is 24.7 Å². The van der Waals surface area contributed by atoms with Crippen molar-refractivity contribution in [2.45, 2.75) is 32.1 Å². The first kappa shape index (κ1) is 16.2. The van der Waals surface area contributed by atoms with Gasteiger partial charge in [0.2, 0.25) is 5.76 Å². The average Bonchev–Trinajstić information content (AvgIpc) is 3.35. The van der Waals surface area contributed by atoms with Crippen molar-refractivity contribution in [3.05, 3.63) is 35.6 Å². The second-order valence-corrected chi connectivity index (χ2v) is 6.91. The third-order valence-electron chi connectivity index (χ3n) is 5.54. The van der Waals surface area contributed by atoms with Crippen LogP contribution in [0.2, 0.25) is 0 Å². The zero-order chi connectivity index (χ0) is 17.4. The largest absolute Gasteiger partial charge is 0.460 e. The van der Waals surface area contributed by atoms with E-state index in [9.17, 15) is 10.1 Å². The lowest BCUT2D eigenvalue weighted by Crippen LogP contribution is -2.33. The minimum Gasteiger partial charge on any atom is -0.460 e. The summed E-state index contributed by atoms with van der Waals surface area (Å²) in [6, 6.07) is 10.2. The zero-order valence-electron chi connectivity index (χ0n) is 14.3. The molecule has 0 radical (unpaired) electrons. The van der Waals surface area contributed by atoms with Crippen LogP contribution in [0.15, 0.2) is 28.7 Å². The van der Waals surface area contributed by atoms with Gasteiger partial charge in [0.25, 0.3) is 0 Å². The average molecular weight is 339 g/mol. The van der Waals surface area contributed by atoms with Crippen LogP contribution in [0, 0.1) is 22.7 Å². The van der Waals surface area contributed by atoms with Gasteiger partial charge in [-0.05, 0) is 38.2 Å². The zero-order valence-corrected chi connectivity index (χ0v) is 14.3. The van der Waals surface area contributed by atoms with Gasteiger partial charge in [-0.1, -0.05) is 18.2 Å². The highest BCUT2D eigenvalue weighted by atomic mass is 16.5. The number of fused-ring (bicyclic) bond motifs is 1. The van der Waals surface area contributed by atoms with Gasteiger partial charge >= 0.3 is 5.97 Å². The molecule has 4 rings (SSSR count). The third kappa shape index (κ3) is 2.61. The van der Waals surface area contributed by atoms with Crippen LogP contribution < -0.4 is 0 Å². The monoisotopic (exact) mass is 339 g/mol. The van der Waals surface area contributed by atoms with E-state index in [0.717, 1.165) is 30.2 Å². The molecule has 2 atom stereocenters. The smallest absolute Gasteiger partial charge is 0.374 e. The molecule has 1 saturated carbocycles. The Labute approximate surface area is 146 Å². The summed E-state index contributed by atoms with van der Waals surface area (Å²) < 4.78 is 16.8. The van der Waals surface area contributed by atoms with Crippen LogP contribution in [-0.4, -0.2) is 25.8 Å². The van der Waals surface area contributed by atoms with E-state index in [1.54, 1.807) is 6.92 Å². The third-order valence-corrected chi connectivity index (χ3v) is 5.54. The van der Waals surface area contributed by atoms with E-state index >= 15 is 0 Å². The lowest BCUT2D eigenvalue weighted by Gasteiger charge is -2.34. The highest BCUT2D eigenvalue weighted by Gasteiger charge is 2.54. The first-order chi connectivity index (χ1) is 12.2. The van der Waals surface area contributed by atoms with Crippen LogP contribution in [0.25, 0.3) is 11.0 Å². The molecule has 1 aromatic heterocycles. The molecule has 25 heavy (non-hydrogen) atoms. The maximum atomic E-state index is 12.5. The van der Waals surface area contributed by atoms with Gasteiger partial charge < -0.3 is 13.9 Å². The molecule has 130 valence electrons. The number of nitriles is 1. The lowest BCUT2D eigenvalue weighted by atomic mass is 9.73. The second kappa shape index (κ2) is 6.20. The fourth-order valence-electron chi connectivity index (χ4n) is 4.11. The lowest BCUT2D eigenvalue weighted by molar-refractivity contribution is 0.0189. The Morgan fingerprint density at radius 3 is 2.92 bits per heavy atom. The fourth-order valence-corrected chi connectivity index (χ4v) is 4.11. The van der Waals surface area contributed by atoms with E-state index in [4.69, 9.17) is 13.9 Å². The summed E-state index contributed by atoms with van der Waals surface area (Å²) in [7, 11) is 0. The van der Waals surface area contributed by atoms with Crippen LogP contribution in [0.3, 0.4) is 0 Å². The Morgan fingerprint density at radius 2 is 2.20 bits per heavy atom. The van der Waals surface area contributed by atoms with E-state index in [2.05, 4.69) is 6.07 Å². The van der Waals surface area contributed by atoms with Crippen molar-refractivity contribution in [1.29, 1.82) is 5.26 Å². The highest BCUT2D eigenvalue weighted by molar-refractivity contribution is 5.96. The van der Waals surface area contributed by atoms with Crippen molar-refractivity contribution >= 4 is 16.9 Å². The van der Waals surface area contributed by atoms with E-state index in [1.807, 2.05) is 24.3 Å². The molecule has 2 unspecified atom stereocenters. The molecule has 2 aliphatic rings. The molecule has 1 saturated heterocycles. The summed E-state index contributed by atoms with van der Waals surface area (Å²) in [6.07, 6.45) is 2.58. The van der Waals surface area contributed by atoms with Crippen molar-refractivity contribution < 1.29 is 18.7 Å². The first-order valence-electron chi connectivity index (χ1n) is 8.87. The molecular weight excluding hydrogens is 318 g/mol. The molecule has 1 aliphatic carbocycles. The van der Waals surface area contributed by atoms with Crippen molar-refractivity contribution in [3.63, 3.8) is 0 Å². The predicted octanol–water partition coefficient (Wildman–Crippen LogP) is 4.03. The predicted molar refractivity (Wildman–Crippen MR) is 91.1 cm³/mol. The van der Waals surface area contributed by atoms with Gasteiger partial charge in [0, 0.05) is 23.5 Å². The number of carbonyl (C=O) groups excluding carboxylic acids is 1. The number of carbonyl (C=O) groups is 1. The summed E-state index contributed by atoms with van der Waals surface area (Å²) >= 11 is 0. The van der Waals surface area contributed by atoms with Crippen LogP contribution in [0.5, 0.6) is 0 Å². The van der Waals surface area contributed by atoms with Gasteiger partial charge in [0.15, 0.2) is 0 Å². The van der Waals surface area contributed by atoms with Crippen LogP contribution in [-0.2, 0) is 9.47 Å². The number of rotatable bonds is 4. The Bertz CT molecular complexity index is 843. The number of furan rings is 1. The molecule has 0 amide bonds. The fraction of sp³-hybridized carbons (Fsp3) is 0.500. The molecule has 0 spiro atoms. The van der Waals surface area contributed by atoms with E-state index in [-0.39, 0.29) is 23.0 Å². The minimum absolute atomic E-state index is 0.0685. The quantitative estimate of drug-likeness (QED) is 0.786. The van der Waals surface area contributed by atoms with Gasteiger partial charge in [-0.15, -0.1) is 0 Å². The molecule has 1 aliphatic heterocycles. The van der Waals surface area contributed by atoms with Crippen LogP contribution >= 0.6 is 0 Å². The number of para-hydroxylation sites is 1. The minimum atomic E-state index is -0.430. The Hall–Kier alpha value is -2.32. The molecule has 2 fully saturated rings. The van der Waals surface area contributed by atoms with Crippen molar-refractivity contribution in [2.24, 2.45) is 11.3 Å². The standard InChI is InChI=1S/C20H21NO4/c1-2-24-19(22)18-17(14-5-3-4-6-16(14)25-18)13-7-10-23-11-15(13)20(12-21)8-9-20/h3-6,13,15H,2,7-11H2,1H3. The topological polar surface area (TPSA) is 72.5 Å². The number of ether oxygens (including phenoxy) is 2. The van der Waals surface area contributed by atoms with Gasteiger partial charge in [0.1, 0.15) is 5.58 Å². The first-order valence-corrected chi connectivity index (χ1v) is 8.87. The van der Waals surface area contributed by atoms with E-state index in [0.29, 0.717) is 25.4 Å². The summed E-state index contributed by atoms with van der Waals surface area (Å²) in [6.45, 7) is 3.27. The Kier molecular flexibility index (Phi) is 4.01. The Morgan fingerprint density at radius 1 is 1.40 bits per heavy atom. The molecule has 2 aromatic rings.